The van der Waals surface area contributed by atoms with Crippen LogP contribution in [0.4, 0.5) is 0 Å². The maximum absolute atomic E-state index is 8.89. The van der Waals surface area contributed by atoms with Crippen molar-refractivity contribution in [2.24, 2.45) is 0 Å². The van der Waals surface area contributed by atoms with Gasteiger partial charge in [-0.25, -0.2) is 0 Å². The molecule has 0 bridgehead atoms. The van der Waals surface area contributed by atoms with Crippen LogP contribution in [0.15, 0.2) is 0 Å². The van der Waals surface area contributed by atoms with Crippen molar-refractivity contribution in [3.8, 4) is 0 Å². The van der Waals surface area contributed by atoms with E-state index < -0.39 is 32.7 Å². The summed E-state index contributed by atoms with van der Waals surface area (Å²) in [6, 6.07) is 0. The zero-order valence-electron chi connectivity index (χ0n) is 9.62. The molecule has 21 heavy (non-hydrogen) atoms. The third-order valence-corrected chi connectivity index (χ3v) is 0. The second kappa shape index (κ2) is 22.5. The number of rotatable bonds is 0. The Kier molecular flexibility index (Phi) is 46.0. The van der Waals surface area contributed by atoms with Crippen LogP contribution in [0, 0.1) is 0 Å². The number of aliphatic carboxylic acids is 2. The fourth-order valence-corrected chi connectivity index (χ4v) is 0. The van der Waals surface area contributed by atoms with Gasteiger partial charge in [0.15, 0.2) is 0 Å². The van der Waals surface area contributed by atoms with E-state index in [4.69, 9.17) is 54.8 Å². The average Bonchev–Trinajstić information content (AvgIpc) is 1.70. The van der Waals surface area contributed by atoms with Crippen LogP contribution in [0.2, 0.25) is 0 Å². The molecule has 0 fully saturated rings. The fourth-order valence-electron chi connectivity index (χ4n) is 0. The predicted molar refractivity (Wildman–Crippen MR) is 42.3 cm³/mol. The van der Waals surface area contributed by atoms with E-state index in [0.29, 0.717) is 0 Å². The van der Waals surface area contributed by atoms with Crippen LogP contribution in [0.1, 0.15) is 13.8 Å². The van der Waals surface area contributed by atoms with Gasteiger partial charge in [0.1, 0.15) is 0 Å². The molecule has 0 aromatic heterocycles. The first-order valence-corrected chi connectivity index (χ1v) is 5.82. The van der Waals surface area contributed by atoms with Gasteiger partial charge in [-0.15, -0.1) is 0 Å². The van der Waals surface area contributed by atoms with Gasteiger partial charge in [0, 0.05) is 32.7 Å². The smallest absolute Gasteiger partial charge is 0.759 e. The van der Waals surface area contributed by atoms with E-state index in [-0.39, 0.29) is 51.2 Å². The van der Waals surface area contributed by atoms with E-state index in [1.54, 1.807) is 0 Å². The second-order valence-electron chi connectivity index (χ2n) is 1.80. The van der Waals surface area contributed by atoms with E-state index >= 15 is 0 Å². The summed E-state index contributed by atoms with van der Waals surface area (Å²) < 4.78 is 68.2. The van der Waals surface area contributed by atoms with Crippen LogP contribution in [0.3, 0.4) is 0 Å². The Bertz CT molecular complexity index is 361. The number of hydrogen-bond acceptors (Lipinski definition) is 12. The van der Waals surface area contributed by atoms with Gasteiger partial charge in [-0.3, -0.25) is 16.8 Å². The van der Waals surface area contributed by atoms with Crippen molar-refractivity contribution in [2.75, 3.05) is 0 Å². The van der Waals surface area contributed by atoms with Crippen molar-refractivity contribution >= 4 is 32.7 Å². The summed E-state index contributed by atoms with van der Waals surface area (Å²) in [5, 5.41) is 17.8. The molecule has 0 rings (SSSR count). The van der Waals surface area contributed by atoms with Crippen molar-refractivity contribution in [1.29, 1.82) is 0 Å². The van der Waals surface area contributed by atoms with Crippen molar-refractivity contribution in [1.82, 2.24) is 0 Å². The Morgan fingerprint density at radius 2 is 0.619 bits per heavy atom. The van der Waals surface area contributed by atoms with Gasteiger partial charge >= 0.3 is 51.2 Å². The van der Waals surface area contributed by atoms with Gasteiger partial charge < -0.3 is 38.0 Å². The minimum atomic E-state index is -5.17. The summed E-state index contributed by atoms with van der Waals surface area (Å²) >= 11 is 0. The molecule has 0 heterocycles. The number of hydrogen-bond donors (Lipinski definition) is 0. The molecule has 0 saturated heterocycles. The summed E-state index contributed by atoms with van der Waals surface area (Å²) in [7, 11) is -10.3. The molecule has 0 aliphatic carbocycles. The van der Waals surface area contributed by atoms with E-state index in [2.05, 4.69) is 0 Å². The van der Waals surface area contributed by atoms with E-state index in [1.807, 2.05) is 0 Å². The summed E-state index contributed by atoms with van der Waals surface area (Å²) in [5.41, 5.74) is 0. The van der Waals surface area contributed by atoms with Crippen LogP contribution in [-0.4, -0.2) is 47.0 Å². The van der Waals surface area contributed by atoms with Crippen LogP contribution < -0.4 is 10.2 Å². The molecule has 0 unspecified atom stereocenters. The number of carbonyl (C=O) groups is 2. The van der Waals surface area contributed by atoms with Gasteiger partial charge in [-0.1, -0.05) is 0 Å². The van der Waals surface area contributed by atoms with E-state index in [0.717, 1.165) is 13.8 Å². The Balaban J connectivity index is -0.0000000239. The standard InChI is InChI=1S/2C2H4O2.3Cu.2H2O4S/c2*1-2(3)4;;;;2*1-5(2,3)4/h2*1H3,(H,3,4);;;;2*(H2,1,2,3,4)/q;;3*+2;;/p-6. The Morgan fingerprint density at radius 3 is 0.619 bits per heavy atom. The minimum absolute atomic E-state index is 0. The Labute approximate surface area is 152 Å². The maximum Gasteiger partial charge on any atom is 2.00 e. The number of carbonyl (C=O) groups excluding carboxylic acids is 2. The van der Waals surface area contributed by atoms with E-state index in [9.17, 15) is 0 Å². The van der Waals surface area contributed by atoms with Crippen LogP contribution in [-0.2, 0) is 81.6 Å². The Morgan fingerprint density at radius 1 is 0.619 bits per heavy atom. The van der Waals surface area contributed by atoms with Crippen molar-refractivity contribution in [2.45, 2.75) is 13.8 Å². The van der Waals surface area contributed by atoms with Crippen LogP contribution >= 0.6 is 0 Å². The van der Waals surface area contributed by atoms with Gasteiger partial charge in [-0.2, -0.15) is 0 Å². The monoisotopic (exact) mass is 499 g/mol. The molecule has 0 aliphatic heterocycles. The van der Waals surface area contributed by atoms with Crippen LogP contribution in [0.25, 0.3) is 0 Å². The topological polar surface area (TPSA) is 241 Å². The summed E-state index contributed by atoms with van der Waals surface area (Å²) in [4.78, 5) is 17.8. The summed E-state index contributed by atoms with van der Waals surface area (Å²) in [5.74, 6) is -2.17. The third kappa shape index (κ3) is 118000. The first kappa shape index (κ1) is 42.9. The Hall–Kier alpha value is 0.238. The largest absolute Gasteiger partial charge is 2.00 e. The SMILES string of the molecule is CC(=O)[O-].CC(=O)[O-].O=S(=O)([O-])[O-].O=S(=O)([O-])[O-].[Cu+2].[Cu+2].[Cu+2]. The molecule has 12 nitrogen and oxygen atoms in total. The fraction of sp³-hybridized carbons (Fsp3) is 0.500. The minimum Gasteiger partial charge on any atom is -0.759 e. The van der Waals surface area contributed by atoms with Gasteiger partial charge in [0.05, 0.1) is 0 Å². The first-order valence-electron chi connectivity index (χ1n) is 3.15. The molecule has 3 radical (unpaired) electrons. The summed E-state index contributed by atoms with van der Waals surface area (Å²) in [6.07, 6.45) is 0. The molecule has 17 heteroatoms. The quantitative estimate of drug-likeness (QED) is 0.172. The molecule has 0 spiro atoms. The molecule has 0 N–H and O–H groups in total. The average molecular weight is 501 g/mol. The third-order valence-electron chi connectivity index (χ3n) is 0. The molecule has 0 saturated carbocycles. The zero-order valence-corrected chi connectivity index (χ0v) is 14.1. The van der Waals surface area contributed by atoms with Crippen molar-refractivity contribution in [3.05, 3.63) is 0 Å². The number of carboxylic acid groups (broad SMARTS) is 2. The van der Waals surface area contributed by atoms with E-state index in [1.165, 1.54) is 0 Å². The van der Waals surface area contributed by atoms with Crippen molar-refractivity contribution in [3.63, 3.8) is 0 Å². The van der Waals surface area contributed by atoms with Gasteiger partial charge in [0.25, 0.3) is 0 Å². The van der Waals surface area contributed by atoms with Gasteiger partial charge in [-0.05, 0) is 13.8 Å². The number of carboxylic acids is 2. The zero-order chi connectivity index (χ0) is 16.2. The first-order chi connectivity index (χ1) is 7.46. The molecule has 0 aliphatic rings. The normalized spacial score (nSPS) is 7.90. The molecular formula is C4H6Cu3O12S2. The summed E-state index contributed by atoms with van der Waals surface area (Å²) in [6.45, 7) is 1.94. The molecule has 139 valence electrons. The molecule has 0 amide bonds. The van der Waals surface area contributed by atoms with Gasteiger partial charge in [0.2, 0.25) is 0 Å². The molecule has 0 aromatic rings. The molecule has 0 atom stereocenters. The molecular weight excluding hydrogens is 495 g/mol. The second-order valence-corrected chi connectivity index (χ2v) is 3.43. The van der Waals surface area contributed by atoms with Crippen LogP contribution in [0.5, 0.6) is 0 Å². The van der Waals surface area contributed by atoms with Crippen molar-refractivity contribution < 1.29 is 106 Å². The molecule has 0 aromatic carbocycles. The predicted octanol–water partition coefficient (Wildman–Crippen LogP) is -5.17. The maximum atomic E-state index is 8.89.